The number of thiophene rings is 1. The van der Waals surface area contributed by atoms with E-state index in [1.54, 1.807) is 11.3 Å². The van der Waals surface area contributed by atoms with Crippen LogP contribution in [0.4, 0.5) is 0 Å². The van der Waals surface area contributed by atoms with Gasteiger partial charge in [0.2, 0.25) is 0 Å². The summed E-state index contributed by atoms with van der Waals surface area (Å²) in [5, 5.41) is 7.02. The molecule has 0 aliphatic rings. The molecule has 0 fully saturated rings. The Morgan fingerprint density at radius 1 is 1.00 bits per heavy atom. The van der Waals surface area contributed by atoms with Gasteiger partial charge < -0.3 is 0 Å². The van der Waals surface area contributed by atoms with Crippen molar-refractivity contribution in [3.8, 4) is 0 Å². The van der Waals surface area contributed by atoms with Gasteiger partial charge in [-0.3, -0.25) is 0 Å². The van der Waals surface area contributed by atoms with Crippen LogP contribution in [0.15, 0.2) is 59.3 Å². The van der Waals surface area contributed by atoms with E-state index in [4.69, 9.17) is 0 Å². The number of halogens is 1. The Kier molecular flexibility index (Phi) is 3.48. The normalized spacial score (nSPS) is 12.7. The van der Waals surface area contributed by atoms with Crippen molar-refractivity contribution in [1.29, 1.82) is 0 Å². The van der Waals surface area contributed by atoms with Crippen LogP contribution in [0.1, 0.15) is 16.0 Å². The molecule has 1 unspecified atom stereocenters. The Balaban J connectivity index is 1.95. The summed E-state index contributed by atoms with van der Waals surface area (Å²) in [6, 6.07) is 17.3. The van der Waals surface area contributed by atoms with Gasteiger partial charge in [-0.1, -0.05) is 58.4 Å². The molecule has 18 heavy (non-hydrogen) atoms. The zero-order valence-electron chi connectivity index (χ0n) is 9.84. The number of fused-ring (bicyclic) bond motifs is 1. The van der Waals surface area contributed by atoms with Crippen molar-refractivity contribution in [2.24, 2.45) is 0 Å². The number of rotatable bonds is 3. The second kappa shape index (κ2) is 5.25. The summed E-state index contributed by atoms with van der Waals surface area (Å²) in [5.74, 6) is 0. The molecule has 90 valence electrons. The summed E-state index contributed by atoms with van der Waals surface area (Å²) in [6.07, 6.45) is 1.03. The van der Waals surface area contributed by atoms with Crippen LogP contribution in [0, 0.1) is 0 Å². The Hall–Kier alpha value is -1.12. The molecule has 1 atom stereocenters. The molecule has 0 amide bonds. The number of alkyl halides is 1. The lowest BCUT2D eigenvalue weighted by Gasteiger charge is -2.10. The highest BCUT2D eigenvalue weighted by atomic mass is 79.9. The minimum absolute atomic E-state index is 0.398. The molecule has 0 aliphatic heterocycles. The van der Waals surface area contributed by atoms with Crippen molar-refractivity contribution in [1.82, 2.24) is 0 Å². The zero-order valence-corrected chi connectivity index (χ0v) is 12.2. The fraction of sp³-hybridized carbons (Fsp3) is 0.125. The molecule has 3 rings (SSSR count). The van der Waals surface area contributed by atoms with E-state index < -0.39 is 0 Å². The van der Waals surface area contributed by atoms with Gasteiger partial charge in [-0.25, -0.2) is 0 Å². The molecule has 0 saturated heterocycles. The van der Waals surface area contributed by atoms with Gasteiger partial charge in [0.15, 0.2) is 0 Å². The molecule has 1 heterocycles. The van der Waals surface area contributed by atoms with Gasteiger partial charge in [-0.05, 0) is 45.1 Å². The molecular weight excluding hydrogens is 304 g/mol. The molecule has 1 aromatic heterocycles. The van der Waals surface area contributed by atoms with E-state index in [1.807, 2.05) is 0 Å². The van der Waals surface area contributed by atoms with E-state index in [0.717, 1.165) is 6.42 Å². The van der Waals surface area contributed by atoms with Gasteiger partial charge in [0.1, 0.15) is 0 Å². The maximum Gasteiger partial charge on any atom is 0.0444 e. The molecule has 0 saturated carbocycles. The van der Waals surface area contributed by atoms with Crippen molar-refractivity contribution < 1.29 is 0 Å². The van der Waals surface area contributed by atoms with Crippen LogP contribution in [0.5, 0.6) is 0 Å². The summed E-state index contributed by atoms with van der Waals surface area (Å²) in [4.78, 5) is 0.398. The Bertz CT molecular complexity index is 638. The predicted octanol–water partition coefficient (Wildman–Crippen LogP) is 5.58. The minimum atomic E-state index is 0.398. The van der Waals surface area contributed by atoms with E-state index in [1.165, 1.54) is 21.9 Å². The Morgan fingerprint density at radius 2 is 1.83 bits per heavy atom. The van der Waals surface area contributed by atoms with E-state index in [-0.39, 0.29) is 0 Å². The third kappa shape index (κ3) is 2.36. The number of benzene rings is 2. The lowest BCUT2D eigenvalue weighted by molar-refractivity contribution is 0.963. The van der Waals surface area contributed by atoms with Crippen LogP contribution < -0.4 is 0 Å². The highest BCUT2D eigenvalue weighted by Gasteiger charge is 2.10. The van der Waals surface area contributed by atoms with Crippen LogP contribution in [-0.2, 0) is 6.42 Å². The zero-order chi connectivity index (χ0) is 12.4. The lowest BCUT2D eigenvalue weighted by atomic mass is 9.99. The van der Waals surface area contributed by atoms with E-state index in [2.05, 4.69) is 75.2 Å². The van der Waals surface area contributed by atoms with E-state index in [9.17, 15) is 0 Å². The molecule has 2 aromatic carbocycles. The van der Waals surface area contributed by atoms with Crippen molar-refractivity contribution in [3.05, 3.63) is 70.4 Å². The van der Waals surface area contributed by atoms with Crippen molar-refractivity contribution in [2.75, 3.05) is 0 Å². The third-order valence-electron chi connectivity index (χ3n) is 3.18. The maximum absolute atomic E-state index is 3.79. The summed E-state index contributed by atoms with van der Waals surface area (Å²) >= 11 is 5.55. The average molecular weight is 317 g/mol. The molecule has 2 heteroatoms. The first kappa shape index (κ1) is 11.9. The van der Waals surface area contributed by atoms with E-state index in [0.29, 0.717) is 4.83 Å². The molecule has 0 N–H and O–H groups in total. The van der Waals surface area contributed by atoms with Crippen molar-refractivity contribution >= 4 is 38.0 Å². The van der Waals surface area contributed by atoms with Gasteiger partial charge in [0.25, 0.3) is 0 Å². The van der Waals surface area contributed by atoms with Gasteiger partial charge in [0, 0.05) is 4.83 Å². The summed E-state index contributed by atoms with van der Waals surface area (Å²) in [7, 11) is 0. The minimum Gasteiger partial charge on any atom is -0.152 e. The van der Waals surface area contributed by atoms with E-state index >= 15 is 0 Å². The summed E-state index contributed by atoms with van der Waals surface area (Å²) in [5.41, 5.74) is 2.77. The van der Waals surface area contributed by atoms with Gasteiger partial charge in [-0.2, -0.15) is 11.3 Å². The molecule has 0 radical (unpaired) electrons. The van der Waals surface area contributed by atoms with Gasteiger partial charge >= 0.3 is 0 Å². The monoisotopic (exact) mass is 316 g/mol. The number of hydrogen-bond donors (Lipinski definition) is 0. The molecule has 0 aliphatic carbocycles. The quantitative estimate of drug-likeness (QED) is 0.553. The Labute approximate surface area is 119 Å². The first-order valence-corrected chi connectivity index (χ1v) is 7.83. The largest absolute Gasteiger partial charge is 0.152 e. The SMILES string of the molecule is BrC(Cc1cccc2ccccc12)c1ccsc1. The van der Waals surface area contributed by atoms with Crippen molar-refractivity contribution in [2.45, 2.75) is 11.2 Å². The van der Waals surface area contributed by atoms with Crippen LogP contribution in [-0.4, -0.2) is 0 Å². The second-order valence-corrected chi connectivity index (χ2v) is 6.25. The lowest BCUT2D eigenvalue weighted by Crippen LogP contribution is -1.94. The molecule has 0 spiro atoms. The molecule has 0 bridgehead atoms. The topological polar surface area (TPSA) is 0 Å². The average Bonchev–Trinajstić information content (AvgIpc) is 2.93. The second-order valence-electron chi connectivity index (χ2n) is 4.37. The maximum atomic E-state index is 3.79. The fourth-order valence-corrected chi connectivity index (χ4v) is 3.76. The summed E-state index contributed by atoms with van der Waals surface area (Å²) < 4.78 is 0. The Morgan fingerprint density at radius 3 is 2.67 bits per heavy atom. The fourth-order valence-electron chi connectivity index (χ4n) is 2.23. The highest BCUT2D eigenvalue weighted by Crippen LogP contribution is 2.31. The first-order chi connectivity index (χ1) is 8.84. The van der Waals surface area contributed by atoms with Gasteiger partial charge in [-0.15, -0.1) is 0 Å². The van der Waals surface area contributed by atoms with Crippen molar-refractivity contribution in [3.63, 3.8) is 0 Å². The summed E-state index contributed by atoms with van der Waals surface area (Å²) in [6.45, 7) is 0. The molecular formula is C16H13BrS. The third-order valence-corrected chi connectivity index (χ3v) is 4.74. The first-order valence-electron chi connectivity index (χ1n) is 5.97. The van der Waals surface area contributed by atoms with Crippen LogP contribution in [0.2, 0.25) is 0 Å². The molecule has 0 nitrogen and oxygen atoms in total. The van der Waals surface area contributed by atoms with Crippen LogP contribution in [0.25, 0.3) is 10.8 Å². The predicted molar refractivity (Wildman–Crippen MR) is 83.6 cm³/mol. The van der Waals surface area contributed by atoms with Gasteiger partial charge in [0.05, 0.1) is 0 Å². The van der Waals surface area contributed by atoms with Crippen LogP contribution in [0.3, 0.4) is 0 Å². The standard InChI is InChI=1S/C16H13BrS/c17-16(14-8-9-18-11-14)10-13-6-3-5-12-4-1-2-7-15(12)13/h1-9,11,16H,10H2. The smallest absolute Gasteiger partial charge is 0.0444 e. The molecule has 3 aromatic rings. The number of hydrogen-bond acceptors (Lipinski definition) is 1. The highest BCUT2D eigenvalue weighted by molar-refractivity contribution is 9.09. The van der Waals surface area contributed by atoms with Crippen LogP contribution >= 0.6 is 27.3 Å².